The number of nitro groups is 1. The number of para-hydroxylation sites is 1. The van der Waals surface area contributed by atoms with Gasteiger partial charge >= 0.3 is 0 Å². The number of hydrogen-bond acceptors (Lipinski definition) is 2. The molecule has 4 rings (SSSR count). The summed E-state index contributed by atoms with van der Waals surface area (Å²) in [7, 11) is 1.95. The zero-order chi connectivity index (χ0) is 18.6. The molecule has 0 N–H and O–H groups in total. The SMILES string of the molecule is C[C@H]1Cc2c(c3ccccc3n2C)[C@@H](c2ccc(F)c(F)c2)[C@H]1[N+](=O)[O-]. The lowest BCUT2D eigenvalue weighted by Gasteiger charge is -2.32. The van der Waals surface area contributed by atoms with Gasteiger partial charge in [-0.3, -0.25) is 10.1 Å². The zero-order valence-corrected chi connectivity index (χ0v) is 14.4. The van der Waals surface area contributed by atoms with E-state index in [0.717, 1.165) is 34.3 Å². The van der Waals surface area contributed by atoms with Crippen LogP contribution in [0.1, 0.15) is 29.7 Å². The third kappa shape index (κ3) is 2.32. The number of benzene rings is 2. The van der Waals surface area contributed by atoms with E-state index >= 15 is 0 Å². The molecule has 0 radical (unpaired) electrons. The van der Waals surface area contributed by atoms with Crippen LogP contribution in [0.15, 0.2) is 42.5 Å². The van der Waals surface area contributed by atoms with Gasteiger partial charge in [0, 0.05) is 34.5 Å². The molecule has 3 aromatic rings. The van der Waals surface area contributed by atoms with Gasteiger partial charge in [0.2, 0.25) is 6.04 Å². The minimum absolute atomic E-state index is 0.223. The molecular weight excluding hydrogens is 338 g/mol. The molecule has 3 atom stereocenters. The lowest BCUT2D eigenvalue weighted by atomic mass is 9.72. The molecule has 0 spiro atoms. The van der Waals surface area contributed by atoms with Gasteiger partial charge in [-0.1, -0.05) is 31.2 Å². The molecule has 0 bridgehead atoms. The molecule has 0 saturated carbocycles. The van der Waals surface area contributed by atoms with E-state index in [1.807, 2.05) is 38.2 Å². The number of nitrogens with zero attached hydrogens (tertiary/aromatic N) is 2. The van der Waals surface area contributed by atoms with Gasteiger partial charge in [0.05, 0.1) is 5.92 Å². The smallest absolute Gasteiger partial charge is 0.226 e. The molecule has 4 nitrogen and oxygen atoms in total. The maximum Gasteiger partial charge on any atom is 0.226 e. The molecule has 1 aliphatic carbocycles. The van der Waals surface area contributed by atoms with Crippen LogP contribution in [0.5, 0.6) is 0 Å². The molecule has 1 heterocycles. The quantitative estimate of drug-likeness (QED) is 0.504. The van der Waals surface area contributed by atoms with E-state index in [-0.39, 0.29) is 10.8 Å². The van der Waals surface area contributed by atoms with E-state index in [1.165, 1.54) is 6.07 Å². The summed E-state index contributed by atoms with van der Waals surface area (Å²) >= 11 is 0. The van der Waals surface area contributed by atoms with Crippen LogP contribution in [0, 0.1) is 27.7 Å². The van der Waals surface area contributed by atoms with Crippen molar-refractivity contribution in [1.29, 1.82) is 0 Å². The fourth-order valence-corrected chi connectivity index (χ4v) is 4.39. The largest absolute Gasteiger partial charge is 0.347 e. The Labute approximate surface area is 149 Å². The molecule has 0 unspecified atom stereocenters. The first-order valence-electron chi connectivity index (χ1n) is 8.54. The average molecular weight is 356 g/mol. The maximum absolute atomic E-state index is 13.9. The van der Waals surface area contributed by atoms with Crippen LogP contribution in [0.4, 0.5) is 8.78 Å². The molecule has 1 aliphatic rings. The first kappa shape index (κ1) is 16.7. The van der Waals surface area contributed by atoms with E-state index in [9.17, 15) is 18.9 Å². The maximum atomic E-state index is 13.9. The van der Waals surface area contributed by atoms with E-state index in [4.69, 9.17) is 0 Å². The highest BCUT2D eigenvalue weighted by atomic mass is 19.2. The molecule has 2 aromatic carbocycles. The van der Waals surface area contributed by atoms with Crippen molar-refractivity contribution in [2.75, 3.05) is 0 Å². The lowest BCUT2D eigenvalue weighted by Crippen LogP contribution is -2.39. The van der Waals surface area contributed by atoms with Crippen LogP contribution in [0.2, 0.25) is 0 Å². The van der Waals surface area contributed by atoms with Crippen LogP contribution in [0.3, 0.4) is 0 Å². The van der Waals surface area contributed by atoms with Gasteiger partial charge in [-0.25, -0.2) is 8.78 Å². The van der Waals surface area contributed by atoms with E-state index in [2.05, 4.69) is 4.57 Å². The van der Waals surface area contributed by atoms with Crippen molar-refractivity contribution in [3.8, 4) is 0 Å². The number of fused-ring (bicyclic) bond motifs is 3. The van der Waals surface area contributed by atoms with Crippen LogP contribution >= 0.6 is 0 Å². The fraction of sp³-hybridized carbons (Fsp3) is 0.300. The van der Waals surface area contributed by atoms with Crippen LogP contribution < -0.4 is 0 Å². The van der Waals surface area contributed by atoms with E-state index in [0.29, 0.717) is 12.0 Å². The van der Waals surface area contributed by atoms with Gasteiger partial charge in [-0.15, -0.1) is 0 Å². The van der Waals surface area contributed by atoms with Crippen LogP contribution in [-0.4, -0.2) is 15.5 Å². The predicted molar refractivity (Wildman–Crippen MR) is 94.8 cm³/mol. The number of aromatic nitrogens is 1. The Balaban J connectivity index is 2.04. The summed E-state index contributed by atoms with van der Waals surface area (Å²) in [5.41, 5.74) is 3.30. The molecular formula is C20H18F2N2O2. The second kappa shape index (κ2) is 5.90. The minimum Gasteiger partial charge on any atom is -0.347 e. The van der Waals surface area contributed by atoms with Gasteiger partial charge in [0.25, 0.3) is 0 Å². The summed E-state index contributed by atoms with van der Waals surface area (Å²) in [5, 5.41) is 12.8. The van der Waals surface area contributed by atoms with Crippen LogP contribution in [0.25, 0.3) is 10.9 Å². The Morgan fingerprint density at radius 2 is 1.88 bits per heavy atom. The van der Waals surface area contributed by atoms with Crippen molar-refractivity contribution in [1.82, 2.24) is 4.57 Å². The highest BCUT2D eigenvalue weighted by Crippen LogP contribution is 2.45. The molecule has 1 aromatic heterocycles. The Morgan fingerprint density at radius 1 is 1.15 bits per heavy atom. The van der Waals surface area contributed by atoms with Crippen molar-refractivity contribution in [2.45, 2.75) is 25.3 Å². The number of halogens is 2. The van der Waals surface area contributed by atoms with Gasteiger partial charge in [-0.05, 0) is 35.7 Å². The molecule has 0 aliphatic heterocycles. The minimum atomic E-state index is -0.982. The Hall–Kier alpha value is -2.76. The van der Waals surface area contributed by atoms with Crippen molar-refractivity contribution in [3.63, 3.8) is 0 Å². The molecule has 26 heavy (non-hydrogen) atoms. The van der Waals surface area contributed by atoms with Gasteiger partial charge in [-0.2, -0.15) is 0 Å². The van der Waals surface area contributed by atoms with Crippen LogP contribution in [-0.2, 0) is 13.5 Å². The summed E-state index contributed by atoms with van der Waals surface area (Å²) in [6.07, 6.45) is 0.576. The second-order valence-electron chi connectivity index (χ2n) is 7.05. The van der Waals surface area contributed by atoms with Gasteiger partial charge in [0.1, 0.15) is 0 Å². The van der Waals surface area contributed by atoms with Gasteiger partial charge < -0.3 is 4.57 Å². The predicted octanol–water partition coefficient (Wildman–Crippen LogP) is 4.43. The molecule has 0 amide bonds. The summed E-state index contributed by atoms with van der Waals surface area (Å²) in [6, 6.07) is 10.4. The third-order valence-electron chi connectivity index (χ3n) is 5.57. The monoisotopic (exact) mass is 356 g/mol. The summed E-state index contributed by atoms with van der Waals surface area (Å²) in [4.78, 5) is 11.6. The Kier molecular flexibility index (Phi) is 3.79. The lowest BCUT2D eigenvalue weighted by molar-refractivity contribution is -0.535. The number of aryl methyl sites for hydroxylation is 1. The molecule has 6 heteroatoms. The second-order valence-corrected chi connectivity index (χ2v) is 7.05. The topological polar surface area (TPSA) is 48.1 Å². The van der Waals surface area contributed by atoms with Crippen molar-refractivity contribution in [2.24, 2.45) is 13.0 Å². The fourth-order valence-electron chi connectivity index (χ4n) is 4.39. The highest BCUT2D eigenvalue weighted by molar-refractivity contribution is 5.87. The molecule has 0 fully saturated rings. The standard InChI is InChI=1S/C20H18F2N2O2/c1-11-9-17-19(13-5-3-4-6-16(13)23(17)2)18(20(11)24(25)26)12-7-8-14(21)15(22)10-12/h3-8,10-11,18,20H,9H2,1-2H3/t11-,18+,20-/m0/s1. The number of rotatable bonds is 2. The molecule has 134 valence electrons. The Bertz CT molecular complexity index is 1030. The normalized spacial score (nSPS) is 22.4. The van der Waals surface area contributed by atoms with E-state index in [1.54, 1.807) is 0 Å². The first-order valence-corrected chi connectivity index (χ1v) is 8.54. The molecule has 0 saturated heterocycles. The van der Waals surface area contributed by atoms with Crippen molar-refractivity contribution >= 4 is 10.9 Å². The summed E-state index contributed by atoms with van der Waals surface area (Å²) in [5.74, 6) is -2.78. The third-order valence-corrected chi connectivity index (χ3v) is 5.57. The van der Waals surface area contributed by atoms with Crippen molar-refractivity contribution in [3.05, 3.63) is 81.0 Å². The van der Waals surface area contributed by atoms with Crippen molar-refractivity contribution < 1.29 is 13.7 Å². The highest BCUT2D eigenvalue weighted by Gasteiger charge is 2.46. The number of hydrogen-bond donors (Lipinski definition) is 0. The average Bonchev–Trinajstić information content (AvgIpc) is 2.89. The Morgan fingerprint density at radius 3 is 2.58 bits per heavy atom. The zero-order valence-electron chi connectivity index (χ0n) is 14.4. The van der Waals surface area contributed by atoms with E-state index < -0.39 is 23.6 Å². The first-order chi connectivity index (χ1) is 12.4. The summed E-state index contributed by atoms with van der Waals surface area (Å²) < 4.78 is 29.4. The summed E-state index contributed by atoms with van der Waals surface area (Å²) in [6.45, 7) is 1.85. The van der Waals surface area contributed by atoms with Gasteiger partial charge in [0.15, 0.2) is 11.6 Å².